The average molecular weight is 2040 g/mol. The molecular weight excluding hydrogens is 1930 g/mol. The number of nitrogen functional groups attached to an aromatic ring is 3. The third-order valence-corrected chi connectivity index (χ3v) is 26.4. The number of nitrogens with zero attached hydrogens (tertiary/aromatic N) is 27. The number of pyridine rings is 3. The summed E-state index contributed by atoms with van der Waals surface area (Å²) in [6.45, 7) is 7.48. The van der Waals surface area contributed by atoms with E-state index in [9.17, 15) is 15.3 Å². The number of hydrogen-bond acceptors (Lipinski definition) is 37. The summed E-state index contributed by atoms with van der Waals surface area (Å²) in [7, 11) is 5.77. The smallest absolute Gasteiger partial charge is 0.322 e. The molecule has 10 aliphatic carbocycles. The predicted octanol–water partition coefficient (Wildman–Crippen LogP) is 12.1. The Labute approximate surface area is 832 Å². The van der Waals surface area contributed by atoms with Gasteiger partial charge in [-0.25, -0.2) is 29.9 Å². The number of aromatic nitrogens is 21. The average Bonchev–Trinajstić information content (AvgIpc) is 1.28. The lowest BCUT2D eigenvalue weighted by atomic mass is 9.50. The lowest BCUT2D eigenvalue weighted by Crippen LogP contribution is -2.68. The first-order chi connectivity index (χ1) is 64.9. The van der Waals surface area contributed by atoms with Crippen molar-refractivity contribution in [3.8, 4) is 93.3 Å². The molecule has 10 saturated carbocycles. The minimum absolute atomic E-state index is 0. The zero-order chi connectivity index (χ0) is 95.2. The Morgan fingerprint density at radius 1 is 0.460 bits per heavy atom. The second-order valence-electron chi connectivity index (χ2n) is 36.5. The van der Waals surface area contributed by atoms with Crippen LogP contribution >= 0.6 is 94.4 Å². The molecular formula is C88H105Cl8N33O8. The largest absolute Gasteiger partial charge is 0.489 e. The molecule has 3 saturated heterocycles. The van der Waals surface area contributed by atoms with Crippen LogP contribution in [-0.2, 0) is 21.1 Å². The molecule has 13 fully saturated rings. The summed E-state index contributed by atoms with van der Waals surface area (Å²) in [6, 6.07) is 14.8. The topological polar surface area (TPSA) is 569 Å². The van der Waals surface area contributed by atoms with Crippen molar-refractivity contribution in [2.24, 2.45) is 78.1 Å². The number of amides is 1. The van der Waals surface area contributed by atoms with Gasteiger partial charge in [-0.3, -0.25) is 4.79 Å². The predicted molar refractivity (Wildman–Crippen MR) is 513 cm³/mol. The van der Waals surface area contributed by atoms with Gasteiger partial charge in [0.2, 0.25) is 49.4 Å². The van der Waals surface area contributed by atoms with Crippen LogP contribution in [0.3, 0.4) is 0 Å². The first-order valence-corrected chi connectivity index (χ1v) is 46.7. The van der Waals surface area contributed by atoms with Gasteiger partial charge in [0, 0.05) is 125 Å². The van der Waals surface area contributed by atoms with Crippen molar-refractivity contribution in [2.75, 3.05) is 113 Å². The molecule has 0 radical (unpaired) electrons. The quantitative estimate of drug-likeness (QED) is 0.0265. The van der Waals surface area contributed by atoms with Gasteiger partial charge in [-0.2, -0.15) is 80.9 Å². The van der Waals surface area contributed by atoms with Gasteiger partial charge in [0.1, 0.15) is 19.8 Å². The van der Waals surface area contributed by atoms with Crippen LogP contribution < -0.4 is 71.8 Å². The zero-order valence-corrected chi connectivity index (χ0v) is 81.6. The highest BCUT2D eigenvalue weighted by atomic mass is 35.5. The van der Waals surface area contributed by atoms with E-state index in [4.69, 9.17) is 137 Å². The SMILES string of the molecule is Cl.Cl.Clc1nc(Cl)nc(Cl)n1.Cn1cnc(-c2cnc(N)c(OCC3CCCNC3)c2)c1.Cn1cnc(-c2cnc(N)c(OCC3CCN(c4nc(Cl)nc(OCC5(C#N)CC5)n4)CC3)c2)c1.Cn1cnc(-c2cnc(N)c(OCC3CCN(c4nc(OCC5(C#N)CC5)nc(C(=O)NC56CC(C5)C6)n4)CC3)c2)c1.N#CC1(CO)CC1.N#CC1(COc2nc(Cl)nc(Cl)n2)CC1.NC12CC(C1)C2. The molecule has 726 valence electrons. The van der Waals surface area contributed by atoms with E-state index in [0.29, 0.717) is 103 Å². The zero-order valence-electron chi connectivity index (χ0n) is 75.4. The maximum atomic E-state index is 13.1. The molecule has 10 aromatic heterocycles. The number of anilines is 5. The Balaban J connectivity index is 0.000000148. The van der Waals surface area contributed by atoms with Gasteiger partial charge in [-0.15, -0.1) is 24.8 Å². The summed E-state index contributed by atoms with van der Waals surface area (Å²) < 4.78 is 40.5. The Bertz CT molecular complexity index is 5910. The van der Waals surface area contributed by atoms with Gasteiger partial charge < -0.3 is 90.6 Å². The van der Waals surface area contributed by atoms with E-state index in [0.717, 1.165) is 168 Å². The highest BCUT2D eigenvalue weighted by Crippen LogP contribution is 2.57. The van der Waals surface area contributed by atoms with Crippen LogP contribution in [0.1, 0.15) is 139 Å². The molecule has 13 aliphatic rings. The fraction of sp³-hybridized carbons (Fsp3) is 0.534. The number of ether oxygens (including phenoxy) is 6. The second-order valence-corrected chi connectivity index (χ2v) is 38.5. The molecule has 1 unspecified atom stereocenters. The highest BCUT2D eigenvalue weighted by molar-refractivity contribution is 6.33. The van der Waals surface area contributed by atoms with Crippen LogP contribution in [0.5, 0.6) is 35.3 Å². The molecule has 23 rings (SSSR count). The van der Waals surface area contributed by atoms with E-state index in [1.54, 1.807) is 37.6 Å². The minimum atomic E-state index is -0.477. The van der Waals surface area contributed by atoms with Gasteiger partial charge in [-0.1, -0.05) is 0 Å². The van der Waals surface area contributed by atoms with E-state index in [-0.39, 0.29) is 129 Å². The van der Waals surface area contributed by atoms with Crippen LogP contribution in [0.25, 0.3) is 33.8 Å². The van der Waals surface area contributed by atoms with Crippen molar-refractivity contribution >= 4 is 130 Å². The van der Waals surface area contributed by atoms with Crippen LogP contribution in [-0.4, -0.2) is 211 Å². The normalized spacial score (nSPS) is 20.9. The van der Waals surface area contributed by atoms with Gasteiger partial charge in [-0.05, 0) is 246 Å². The van der Waals surface area contributed by atoms with Crippen LogP contribution in [0, 0.1) is 96.6 Å². The number of nitriles is 4. The molecule has 41 nitrogen and oxygen atoms in total. The lowest BCUT2D eigenvalue weighted by Gasteiger charge is -2.61. The van der Waals surface area contributed by atoms with Gasteiger partial charge in [0.05, 0.1) is 108 Å². The molecule has 137 heavy (non-hydrogen) atoms. The summed E-state index contributed by atoms with van der Waals surface area (Å²) in [5, 5.41) is 50.7. The van der Waals surface area contributed by atoms with E-state index in [1.807, 2.05) is 71.6 Å². The number of hydrogen-bond donors (Lipinski definition) is 7. The first kappa shape index (κ1) is 103. The number of carbonyl (C=O) groups excluding carboxylic acids is 1. The Hall–Kier alpha value is -11.5. The first-order valence-electron chi connectivity index (χ1n) is 44.4. The van der Waals surface area contributed by atoms with Crippen LogP contribution in [0.2, 0.25) is 31.7 Å². The maximum Gasteiger partial charge on any atom is 0.322 e. The second kappa shape index (κ2) is 45.4. The van der Waals surface area contributed by atoms with Gasteiger partial charge >= 0.3 is 18.0 Å². The van der Waals surface area contributed by atoms with Crippen molar-refractivity contribution in [2.45, 2.75) is 139 Å². The third kappa shape index (κ3) is 28.2. The van der Waals surface area contributed by atoms with E-state index < -0.39 is 10.8 Å². The third-order valence-electron chi connectivity index (χ3n) is 25.4. The van der Waals surface area contributed by atoms with Crippen molar-refractivity contribution in [1.29, 1.82) is 21.0 Å². The number of halogens is 8. The molecule has 1 atom stereocenters. The van der Waals surface area contributed by atoms with Crippen molar-refractivity contribution in [3.05, 3.63) is 112 Å². The summed E-state index contributed by atoms with van der Waals surface area (Å²) in [6.07, 6.45) is 35.8. The standard InChI is InChI=1S/C29H34N10O3.C23H26ClN9O2.C15H21N5O.C8H6Cl2N4O.C5H7NO.C5H9N.C3Cl3N3.2ClH/c1-38-13-21(33-17-38)20-8-22(23(31)32-12-20)41-14-18-2-6-39(7-3-18)26-34-24(25(40)37-29-9-19(10-29)11-29)35-27(36-26)42-16-28(15-30)4-5-28;1-32-10-17(28-14-32)16-8-18(19(26)27-9-16)34-11-15-2-6-33(7-3-15)21-29-20(24)30-22(31-21)35-13-23(12-25)4-5-23;1-20-8-13(19-10-20)12-5-14(15(16)18-7-12)21-9-11-3-2-4-17-6-11;9-5-12-6(10)14-7(13-5)15-4-8(3-11)1-2-8;6-3-5(4-7)1-2-5;6-5-1-4(2-5)3-5;4-1-7-2(5)9-3(6)8-1;;/h8,12-13,17-19H,2-7,9-11,14,16H2,1H3,(H2,31,32)(H,37,40);8-10,14-15H,2-7,11,13H2,1H3,(H2,26,27);5,7-8,10-11,17H,2-4,6,9H2,1H3,(H2,16,18);1-2,4H2;7H,1-2,4H2;4H,1-3,6H2;;2*1H. The molecule has 1 amide bonds. The molecule has 13 heterocycles. The molecule has 0 spiro atoms. The maximum absolute atomic E-state index is 13.1. The Morgan fingerprint density at radius 2 is 0.796 bits per heavy atom. The summed E-state index contributed by atoms with van der Waals surface area (Å²) in [5.41, 5.74) is 27.6. The number of nitrogens with one attached hydrogen (secondary N) is 2. The minimum Gasteiger partial charge on any atom is -0.489 e. The molecule has 3 aliphatic heterocycles. The number of piperidine rings is 3. The number of aryl methyl sites for hydroxylation is 3. The Kier molecular flexibility index (Phi) is 34.1. The Morgan fingerprint density at radius 3 is 1.09 bits per heavy atom. The summed E-state index contributed by atoms with van der Waals surface area (Å²) in [5.74, 6) is 6.52. The fourth-order valence-corrected chi connectivity index (χ4v) is 16.9. The van der Waals surface area contributed by atoms with Gasteiger partial charge in [0.15, 0.2) is 34.7 Å². The number of carbonyl (C=O) groups is 1. The fourth-order valence-electron chi connectivity index (χ4n) is 15.8. The van der Waals surface area contributed by atoms with Crippen LogP contribution in [0.4, 0.5) is 29.4 Å². The monoisotopic (exact) mass is 2030 g/mol. The summed E-state index contributed by atoms with van der Waals surface area (Å²) in [4.78, 5) is 90.7. The molecule has 11 N–H and O–H groups in total. The highest BCUT2D eigenvalue weighted by Gasteiger charge is 2.58. The van der Waals surface area contributed by atoms with E-state index in [2.05, 4.69) is 134 Å². The van der Waals surface area contributed by atoms with E-state index in [1.165, 1.54) is 32.1 Å². The number of rotatable bonds is 26. The number of aliphatic hydroxyl groups is 1. The molecule has 49 heteroatoms. The molecule has 0 aromatic carbocycles. The molecule has 10 aromatic rings. The van der Waals surface area contributed by atoms with E-state index >= 15 is 0 Å². The van der Waals surface area contributed by atoms with Crippen molar-refractivity contribution in [1.82, 2.24) is 114 Å². The number of nitrogens with two attached hydrogens (primary N) is 4. The lowest BCUT2D eigenvalue weighted by molar-refractivity contribution is -0.0441. The van der Waals surface area contributed by atoms with Crippen LogP contribution in [0.15, 0.2) is 74.4 Å². The number of aliphatic hydroxyl groups excluding tert-OH is 1. The van der Waals surface area contributed by atoms with Gasteiger partial charge in [0.25, 0.3) is 5.91 Å². The van der Waals surface area contributed by atoms with Crippen molar-refractivity contribution < 1.29 is 38.3 Å². The van der Waals surface area contributed by atoms with Crippen molar-refractivity contribution in [3.63, 3.8) is 0 Å². The summed E-state index contributed by atoms with van der Waals surface area (Å²) >= 11 is 33.2. The molecule has 4 bridgehead atoms. The number of imidazole rings is 3.